The predicted octanol–water partition coefficient (Wildman–Crippen LogP) is 0.445. The summed E-state index contributed by atoms with van der Waals surface area (Å²) in [5, 5.41) is 8.98. The Labute approximate surface area is 93.4 Å². The van der Waals surface area contributed by atoms with Gasteiger partial charge in [-0.25, -0.2) is 0 Å². The summed E-state index contributed by atoms with van der Waals surface area (Å²) >= 11 is 0. The van der Waals surface area contributed by atoms with E-state index in [4.69, 9.17) is 15.6 Å². The highest BCUT2D eigenvalue weighted by atomic mass is 16.5. The first kappa shape index (κ1) is 14.8. The molecule has 0 spiro atoms. The minimum absolute atomic E-state index is 0.0559. The maximum absolute atomic E-state index is 8.98. The van der Waals surface area contributed by atoms with Crippen molar-refractivity contribution in [1.29, 1.82) is 0 Å². The van der Waals surface area contributed by atoms with E-state index < -0.39 is 5.54 Å². The van der Waals surface area contributed by atoms with E-state index in [0.29, 0.717) is 0 Å². The van der Waals surface area contributed by atoms with Crippen molar-refractivity contribution in [2.45, 2.75) is 31.7 Å². The molecule has 0 rings (SSSR count). The summed E-state index contributed by atoms with van der Waals surface area (Å²) in [6.07, 6.45) is 2.95. The van der Waals surface area contributed by atoms with Crippen LogP contribution in [0.2, 0.25) is 0 Å². The molecule has 0 saturated heterocycles. The number of nitrogens with two attached hydrogens (primary N) is 1. The summed E-state index contributed by atoms with van der Waals surface area (Å²) in [7, 11) is 3.82. The van der Waals surface area contributed by atoms with E-state index in [9.17, 15) is 0 Å². The van der Waals surface area contributed by atoms with Crippen LogP contribution in [0.3, 0.4) is 0 Å². The molecule has 0 aliphatic rings. The van der Waals surface area contributed by atoms with E-state index in [1.807, 2.05) is 6.92 Å². The van der Waals surface area contributed by atoms with Crippen LogP contribution in [0.15, 0.2) is 0 Å². The zero-order valence-corrected chi connectivity index (χ0v) is 10.3. The summed E-state index contributed by atoms with van der Waals surface area (Å²) in [6, 6.07) is 0. The van der Waals surface area contributed by atoms with Crippen molar-refractivity contribution in [3.05, 3.63) is 0 Å². The number of aliphatic hydroxyl groups is 1. The van der Waals surface area contributed by atoms with Gasteiger partial charge in [0.15, 0.2) is 0 Å². The third kappa shape index (κ3) is 8.81. The molecule has 4 heteroatoms. The standard InChI is InChI=1S/C11H26N2O2/c1-11(12,10-14)6-4-7-13(2)8-5-9-15-3/h14H,4-10,12H2,1-3H3. The number of hydrogen-bond donors (Lipinski definition) is 2. The Morgan fingerprint density at radius 1 is 1.33 bits per heavy atom. The van der Waals surface area contributed by atoms with Gasteiger partial charge >= 0.3 is 0 Å². The first-order valence-corrected chi connectivity index (χ1v) is 5.59. The Hall–Kier alpha value is -0.160. The minimum atomic E-state index is -0.423. The van der Waals surface area contributed by atoms with Crippen molar-refractivity contribution in [3.8, 4) is 0 Å². The number of aliphatic hydroxyl groups excluding tert-OH is 1. The molecule has 15 heavy (non-hydrogen) atoms. The average Bonchev–Trinajstić information content (AvgIpc) is 2.18. The van der Waals surface area contributed by atoms with Crippen molar-refractivity contribution in [3.63, 3.8) is 0 Å². The molecule has 0 radical (unpaired) electrons. The normalized spacial score (nSPS) is 15.6. The van der Waals surface area contributed by atoms with Crippen LogP contribution >= 0.6 is 0 Å². The molecule has 0 aliphatic heterocycles. The molecule has 0 saturated carbocycles. The lowest BCUT2D eigenvalue weighted by Crippen LogP contribution is -2.40. The molecular formula is C11H26N2O2. The number of rotatable bonds is 9. The summed E-state index contributed by atoms with van der Waals surface area (Å²) in [5.41, 5.74) is 5.41. The molecule has 92 valence electrons. The molecule has 3 N–H and O–H groups in total. The van der Waals surface area contributed by atoms with Gasteiger partial charge in [-0.3, -0.25) is 0 Å². The summed E-state index contributed by atoms with van der Waals surface area (Å²) < 4.78 is 4.99. The highest BCUT2D eigenvalue weighted by Crippen LogP contribution is 2.07. The van der Waals surface area contributed by atoms with E-state index in [1.54, 1.807) is 7.11 Å². The van der Waals surface area contributed by atoms with Crippen LogP contribution in [0.1, 0.15) is 26.2 Å². The van der Waals surface area contributed by atoms with Gasteiger partial charge in [0.05, 0.1) is 6.61 Å². The molecule has 0 heterocycles. The van der Waals surface area contributed by atoms with Gasteiger partial charge in [-0.15, -0.1) is 0 Å². The highest BCUT2D eigenvalue weighted by Gasteiger charge is 2.16. The van der Waals surface area contributed by atoms with Crippen LogP contribution in [-0.4, -0.2) is 56.0 Å². The fraction of sp³-hybridized carbons (Fsp3) is 1.00. The Balaban J connectivity index is 3.42. The van der Waals surface area contributed by atoms with Crippen LogP contribution < -0.4 is 5.73 Å². The third-order valence-electron chi connectivity index (χ3n) is 2.54. The van der Waals surface area contributed by atoms with E-state index in [1.165, 1.54) is 0 Å². The lowest BCUT2D eigenvalue weighted by atomic mass is 9.98. The van der Waals surface area contributed by atoms with Gasteiger partial charge in [0, 0.05) is 25.8 Å². The molecule has 0 aromatic carbocycles. The van der Waals surface area contributed by atoms with Crippen LogP contribution in [0.25, 0.3) is 0 Å². The zero-order chi connectivity index (χ0) is 11.7. The average molecular weight is 218 g/mol. The summed E-state index contributed by atoms with van der Waals surface area (Å²) in [4.78, 5) is 2.27. The van der Waals surface area contributed by atoms with Gasteiger partial charge in [-0.1, -0.05) is 0 Å². The highest BCUT2D eigenvalue weighted by molar-refractivity contribution is 4.77. The number of nitrogens with zero attached hydrogens (tertiary/aromatic N) is 1. The second-order valence-corrected chi connectivity index (χ2v) is 4.57. The van der Waals surface area contributed by atoms with Crippen LogP contribution in [0.4, 0.5) is 0 Å². The van der Waals surface area contributed by atoms with Crippen molar-refractivity contribution >= 4 is 0 Å². The molecular weight excluding hydrogens is 192 g/mol. The summed E-state index contributed by atoms with van der Waals surface area (Å²) in [6.45, 7) is 4.83. The van der Waals surface area contributed by atoms with Crippen LogP contribution in [0, 0.1) is 0 Å². The molecule has 0 amide bonds. The topological polar surface area (TPSA) is 58.7 Å². The van der Waals surface area contributed by atoms with E-state index in [2.05, 4.69) is 11.9 Å². The third-order valence-corrected chi connectivity index (χ3v) is 2.54. The molecule has 0 fully saturated rings. The Morgan fingerprint density at radius 3 is 2.47 bits per heavy atom. The quantitative estimate of drug-likeness (QED) is 0.552. The summed E-state index contributed by atoms with van der Waals surface area (Å²) in [5.74, 6) is 0. The Morgan fingerprint density at radius 2 is 1.93 bits per heavy atom. The predicted molar refractivity (Wildman–Crippen MR) is 62.9 cm³/mol. The van der Waals surface area contributed by atoms with Gasteiger partial charge in [0.25, 0.3) is 0 Å². The van der Waals surface area contributed by atoms with Gasteiger partial charge in [-0.05, 0) is 39.8 Å². The molecule has 1 atom stereocenters. The largest absolute Gasteiger partial charge is 0.394 e. The minimum Gasteiger partial charge on any atom is -0.394 e. The maximum Gasteiger partial charge on any atom is 0.0608 e. The number of methoxy groups -OCH3 is 1. The van der Waals surface area contributed by atoms with Crippen molar-refractivity contribution in [2.75, 3.05) is 40.5 Å². The monoisotopic (exact) mass is 218 g/mol. The van der Waals surface area contributed by atoms with Gasteiger partial charge in [0.2, 0.25) is 0 Å². The molecule has 0 aromatic heterocycles. The lowest BCUT2D eigenvalue weighted by molar-refractivity contribution is 0.173. The van der Waals surface area contributed by atoms with Crippen LogP contribution in [-0.2, 0) is 4.74 Å². The molecule has 0 bridgehead atoms. The van der Waals surface area contributed by atoms with Crippen LogP contribution in [0.5, 0.6) is 0 Å². The second kappa shape index (κ2) is 8.05. The number of ether oxygens (including phenoxy) is 1. The Kier molecular flexibility index (Phi) is 7.96. The SMILES string of the molecule is COCCCN(C)CCCC(C)(N)CO. The Bertz CT molecular complexity index is 152. The smallest absolute Gasteiger partial charge is 0.0608 e. The maximum atomic E-state index is 8.98. The number of hydrogen-bond acceptors (Lipinski definition) is 4. The molecule has 0 aliphatic carbocycles. The lowest BCUT2D eigenvalue weighted by Gasteiger charge is -2.23. The van der Waals surface area contributed by atoms with Crippen molar-refractivity contribution in [2.24, 2.45) is 5.73 Å². The fourth-order valence-corrected chi connectivity index (χ4v) is 1.42. The molecule has 0 aromatic rings. The van der Waals surface area contributed by atoms with Gasteiger partial charge in [0.1, 0.15) is 0 Å². The first-order chi connectivity index (χ1) is 7.02. The van der Waals surface area contributed by atoms with Gasteiger partial charge in [-0.2, -0.15) is 0 Å². The molecule has 1 unspecified atom stereocenters. The fourth-order valence-electron chi connectivity index (χ4n) is 1.42. The van der Waals surface area contributed by atoms with Gasteiger partial charge < -0.3 is 20.5 Å². The van der Waals surface area contributed by atoms with E-state index in [0.717, 1.165) is 39.0 Å². The van der Waals surface area contributed by atoms with E-state index in [-0.39, 0.29) is 6.61 Å². The first-order valence-electron chi connectivity index (χ1n) is 5.59. The molecule has 4 nitrogen and oxygen atoms in total. The van der Waals surface area contributed by atoms with Crippen molar-refractivity contribution in [1.82, 2.24) is 4.90 Å². The second-order valence-electron chi connectivity index (χ2n) is 4.57. The zero-order valence-electron chi connectivity index (χ0n) is 10.3. The van der Waals surface area contributed by atoms with E-state index >= 15 is 0 Å². The van der Waals surface area contributed by atoms with Crippen molar-refractivity contribution < 1.29 is 9.84 Å².